The fraction of sp³-hybridized carbons (Fsp3) is 0.333. The standard InChI is InChI=1S/C15H19N3O3/c1-15(2,10-19)17-13(20)12-8-16-14(21)18(12)9-11-6-4-3-5-7-11/h3-8,19H,9-10H2,1-2H3,(H,16,21)(H,17,20). The van der Waals surface area contributed by atoms with Crippen molar-refractivity contribution in [2.45, 2.75) is 25.9 Å². The van der Waals surface area contributed by atoms with Gasteiger partial charge in [0.1, 0.15) is 5.69 Å². The van der Waals surface area contributed by atoms with Gasteiger partial charge >= 0.3 is 5.69 Å². The molecule has 0 radical (unpaired) electrons. The van der Waals surface area contributed by atoms with Crippen molar-refractivity contribution in [2.75, 3.05) is 6.61 Å². The first-order chi connectivity index (χ1) is 9.93. The molecule has 1 heterocycles. The van der Waals surface area contributed by atoms with Gasteiger partial charge in [-0.2, -0.15) is 0 Å². The lowest BCUT2D eigenvalue weighted by Gasteiger charge is -2.23. The second-order valence-electron chi connectivity index (χ2n) is 5.55. The van der Waals surface area contributed by atoms with Gasteiger partial charge in [-0.1, -0.05) is 30.3 Å². The van der Waals surface area contributed by atoms with Gasteiger partial charge in [0, 0.05) is 6.20 Å². The summed E-state index contributed by atoms with van der Waals surface area (Å²) in [6.07, 6.45) is 1.38. The Hall–Kier alpha value is -2.34. The minimum Gasteiger partial charge on any atom is -0.394 e. The summed E-state index contributed by atoms with van der Waals surface area (Å²) >= 11 is 0. The van der Waals surface area contributed by atoms with Crippen LogP contribution in [0.5, 0.6) is 0 Å². The number of carbonyl (C=O) groups excluding carboxylic acids is 1. The van der Waals surface area contributed by atoms with Crippen molar-refractivity contribution in [2.24, 2.45) is 0 Å². The average Bonchev–Trinajstić information content (AvgIpc) is 2.81. The van der Waals surface area contributed by atoms with Crippen LogP contribution in [0, 0.1) is 0 Å². The second kappa shape index (κ2) is 5.97. The maximum absolute atomic E-state index is 12.2. The predicted octanol–water partition coefficient (Wildman–Crippen LogP) is 0.725. The van der Waals surface area contributed by atoms with Crippen molar-refractivity contribution in [1.82, 2.24) is 14.9 Å². The third kappa shape index (κ3) is 3.61. The number of aliphatic hydroxyl groups excluding tert-OH is 1. The lowest BCUT2D eigenvalue weighted by atomic mass is 10.1. The number of aromatic amines is 1. The molecule has 1 aromatic heterocycles. The molecular weight excluding hydrogens is 270 g/mol. The van der Waals surface area contributed by atoms with Crippen LogP contribution in [0.3, 0.4) is 0 Å². The number of hydrogen-bond acceptors (Lipinski definition) is 3. The molecule has 0 unspecified atom stereocenters. The highest BCUT2D eigenvalue weighted by Crippen LogP contribution is 2.06. The number of amides is 1. The van der Waals surface area contributed by atoms with Crippen molar-refractivity contribution in [1.29, 1.82) is 0 Å². The molecule has 0 saturated carbocycles. The maximum Gasteiger partial charge on any atom is 0.326 e. The largest absolute Gasteiger partial charge is 0.394 e. The molecule has 0 atom stereocenters. The Morgan fingerprint density at radius 3 is 2.62 bits per heavy atom. The first-order valence-corrected chi connectivity index (χ1v) is 6.68. The normalized spacial score (nSPS) is 11.4. The quantitative estimate of drug-likeness (QED) is 0.758. The van der Waals surface area contributed by atoms with E-state index in [2.05, 4.69) is 10.3 Å². The van der Waals surface area contributed by atoms with E-state index in [9.17, 15) is 14.7 Å². The summed E-state index contributed by atoms with van der Waals surface area (Å²) in [4.78, 5) is 26.6. The van der Waals surface area contributed by atoms with Crippen LogP contribution >= 0.6 is 0 Å². The van der Waals surface area contributed by atoms with Gasteiger partial charge in [0.2, 0.25) is 0 Å². The lowest BCUT2D eigenvalue weighted by Crippen LogP contribution is -2.47. The third-order valence-corrected chi connectivity index (χ3v) is 3.13. The fourth-order valence-corrected chi connectivity index (χ4v) is 1.92. The van der Waals surface area contributed by atoms with Crippen molar-refractivity contribution >= 4 is 5.91 Å². The number of rotatable bonds is 5. The zero-order chi connectivity index (χ0) is 15.5. The highest BCUT2D eigenvalue weighted by molar-refractivity contribution is 5.92. The van der Waals surface area contributed by atoms with Crippen LogP contribution in [0.15, 0.2) is 41.3 Å². The fourth-order valence-electron chi connectivity index (χ4n) is 1.92. The van der Waals surface area contributed by atoms with Gasteiger partial charge in [-0.05, 0) is 19.4 Å². The van der Waals surface area contributed by atoms with Crippen LogP contribution in [0.2, 0.25) is 0 Å². The Kier molecular flexibility index (Phi) is 4.28. The van der Waals surface area contributed by atoms with Crippen molar-refractivity contribution in [3.8, 4) is 0 Å². The minimum absolute atomic E-state index is 0.188. The summed E-state index contributed by atoms with van der Waals surface area (Å²) in [5, 5.41) is 11.9. The number of carbonyl (C=O) groups is 1. The second-order valence-corrected chi connectivity index (χ2v) is 5.55. The summed E-state index contributed by atoms with van der Waals surface area (Å²) in [6, 6.07) is 9.42. The Labute approximate surface area is 122 Å². The molecule has 6 nitrogen and oxygen atoms in total. The summed E-state index contributed by atoms with van der Waals surface area (Å²) in [7, 11) is 0. The van der Waals surface area contributed by atoms with E-state index in [-0.39, 0.29) is 18.0 Å². The Bertz CT molecular complexity index is 671. The van der Waals surface area contributed by atoms with E-state index >= 15 is 0 Å². The molecule has 2 aromatic rings. The number of imidazole rings is 1. The SMILES string of the molecule is CC(C)(CO)NC(=O)c1c[nH]c(=O)n1Cc1ccccc1. The molecule has 1 amide bonds. The van der Waals surface area contributed by atoms with E-state index < -0.39 is 11.4 Å². The van der Waals surface area contributed by atoms with Gasteiger partial charge in [0.25, 0.3) is 5.91 Å². The van der Waals surface area contributed by atoms with E-state index in [1.165, 1.54) is 10.8 Å². The number of nitrogens with one attached hydrogen (secondary N) is 2. The molecule has 0 aliphatic heterocycles. The Balaban J connectivity index is 2.26. The van der Waals surface area contributed by atoms with Crippen molar-refractivity contribution < 1.29 is 9.90 Å². The molecule has 0 fully saturated rings. The minimum atomic E-state index is -0.748. The first kappa shape index (κ1) is 15.1. The monoisotopic (exact) mass is 289 g/mol. The molecule has 2 rings (SSSR count). The van der Waals surface area contributed by atoms with Crippen molar-refractivity contribution in [3.05, 3.63) is 58.3 Å². The maximum atomic E-state index is 12.2. The summed E-state index contributed by atoms with van der Waals surface area (Å²) in [5.41, 5.74) is 0.0768. The molecule has 112 valence electrons. The average molecular weight is 289 g/mol. The van der Waals surface area contributed by atoms with Gasteiger partial charge in [-0.25, -0.2) is 4.79 Å². The van der Waals surface area contributed by atoms with E-state index in [0.717, 1.165) is 5.56 Å². The van der Waals surface area contributed by atoms with E-state index in [0.29, 0.717) is 6.54 Å². The van der Waals surface area contributed by atoms with Crippen LogP contribution in [0.25, 0.3) is 0 Å². The molecule has 0 aliphatic carbocycles. The number of H-pyrrole nitrogens is 1. The van der Waals surface area contributed by atoms with E-state index in [1.807, 2.05) is 30.3 Å². The van der Waals surface area contributed by atoms with Crippen LogP contribution < -0.4 is 11.0 Å². The van der Waals surface area contributed by atoms with Gasteiger partial charge < -0.3 is 15.4 Å². The van der Waals surface area contributed by atoms with Crippen LogP contribution in [-0.4, -0.2) is 32.7 Å². The third-order valence-electron chi connectivity index (χ3n) is 3.13. The molecule has 0 saturated heterocycles. The Morgan fingerprint density at radius 2 is 2.00 bits per heavy atom. The Morgan fingerprint density at radius 1 is 1.33 bits per heavy atom. The molecule has 0 bridgehead atoms. The lowest BCUT2D eigenvalue weighted by molar-refractivity contribution is 0.0860. The first-order valence-electron chi connectivity index (χ1n) is 6.68. The number of aliphatic hydroxyl groups is 1. The van der Waals surface area contributed by atoms with Gasteiger partial charge in [0.05, 0.1) is 18.7 Å². The number of nitrogens with zero attached hydrogens (tertiary/aromatic N) is 1. The molecular formula is C15H19N3O3. The summed E-state index contributed by atoms with van der Waals surface area (Å²) < 4.78 is 1.37. The van der Waals surface area contributed by atoms with Gasteiger partial charge in [-0.3, -0.25) is 9.36 Å². The van der Waals surface area contributed by atoms with Crippen LogP contribution in [0.4, 0.5) is 0 Å². The molecule has 1 aromatic carbocycles. The van der Waals surface area contributed by atoms with Crippen LogP contribution in [-0.2, 0) is 6.54 Å². The highest BCUT2D eigenvalue weighted by atomic mass is 16.3. The predicted molar refractivity (Wildman–Crippen MR) is 79.2 cm³/mol. The summed E-state index contributed by atoms with van der Waals surface area (Å²) in [5.74, 6) is -0.400. The number of hydrogen-bond donors (Lipinski definition) is 3. The van der Waals surface area contributed by atoms with Crippen LogP contribution in [0.1, 0.15) is 29.9 Å². The molecule has 0 spiro atoms. The van der Waals surface area contributed by atoms with E-state index in [1.54, 1.807) is 13.8 Å². The number of aromatic nitrogens is 2. The molecule has 21 heavy (non-hydrogen) atoms. The molecule has 3 N–H and O–H groups in total. The molecule has 0 aliphatic rings. The van der Waals surface area contributed by atoms with Crippen molar-refractivity contribution in [3.63, 3.8) is 0 Å². The van der Waals surface area contributed by atoms with E-state index in [4.69, 9.17) is 0 Å². The zero-order valence-corrected chi connectivity index (χ0v) is 12.1. The number of benzene rings is 1. The molecule has 6 heteroatoms. The smallest absolute Gasteiger partial charge is 0.326 e. The topological polar surface area (TPSA) is 87.1 Å². The zero-order valence-electron chi connectivity index (χ0n) is 12.1. The highest BCUT2D eigenvalue weighted by Gasteiger charge is 2.23. The van der Waals surface area contributed by atoms with Gasteiger partial charge in [0.15, 0.2) is 0 Å². The van der Waals surface area contributed by atoms with Gasteiger partial charge in [-0.15, -0.1) is 0 Å². The summed E-state index contributed by atoms with van der Waals surface area (Å²) in [6.45, 7) is 3.53.